The third kappa shape index (κ3) is 2.47. The van der Waals surface area contributed by atoms with E-state index in [0.29, 0.717) is 13.0 Å². The standard InChI is InChI=1S/C19H35N3O2/c1-8-11-12-22-15(23)19(20-16(22)24)13-17(5,9-2)21(7)18(6,10-3)14(19)4/h14H,8-13H2,1-7H3,(H,20,24). The highest BCUT2D eigenvalue weighted by atomic mass is 16.2. The lowest BCUT2D eigenvalue weighted by Crippen LogP contribution is -2.74. The summed E-state index contributed by atoms with van der Waals surface area (Å²) in [5.41, 5.74) is -1.01. The molecule has 5 heteroatoms. The molecule has 4 unspecified atom stereocenters. The lowest BCUT2D eigenvalue weighted by Gasteiger charge is -2.62. The molecule has 138 valence electrons. The highest BCUT2D eigenvalue weighted by Gasteiger charge is 2.65. The Kier molecular flexibility index (Phi) is 5.06. The van der Waals surface area contributed by atoms with E-state index >= 15 is 0 Å². The predicted molar refractivity (Wildman–Crippen MR) is 96.8 cm³/mol. The van der Waals surface area contributed by atoms with E-state index in [2.05, 4.69) is 58.8 Å². The van der Waals surface area contributed by atoms with Gasteiger partial charge in [0.2, 0.25) is 0 Å². The van der Waals surface area contributed by atoms with Crippen molar-refractivity contribution in [2.75, 3.05) is 13.6 Å². The van der Waals surface area contributed by atoms with Gasteiger partial charge < -0.3 is 5.32 Å². The van der Waals surface area contributed by atoms with Crippen molar-refractivity contribution in [3.8, 4) is 0 Å². The van der Waals surface area contributed by atoms with Crippen molar-refractivity contribution in [2.45, 2.75) is 90.3 Å². The first-order valence-electron chi connectivity index (χ1n) is 9.51. The molecule has 0 bridgehead atoms. The highest BCUT2D eigenvalue weighted by Crippen LogP contribution is 2.51. The Morgan fingerprint density at radius 1 is 1.17 bits per heavy atom. The van der Waals surface area contributed by atoms with Crippen molar-refractivity contribution in [3.05, 3.63) is 0 Å². The van der Waals surface area contributed by atoms with Crippen molar-refractivity contribution in [3.63, 3.8) is 0 Å². The quantitative estimate of drug-likeness (QED) is 0.783. The Labute approximate surface area is 147 Å². The van der Waals surface area contributed by atoms with E-state index < -0.39 is 5.54 Å². The molecule has 2 rings (SSSR count). The summed E-state index contributed by atoms with van der Waals surface area (Å²) >= 11 is 0. The lowest BCUT2D eigenvalue weighted by molar-refractivity contribution is -0.151. The van der Waals surface area contributed by atoms with Gasteiger partial charge in [0.15, 0.2) is 0 Å². The summed E-state index contributed by atoms with van der Waals surface area (Å²) in [4.78, 5) is 29.8. The van der Waals surface area contributed by atoms with Gasteiger partial charge in [-0.1, -0.05) is 34.1 Å². The summed E-state index contributed by atoms with van der Waals surface area (Å²) in [6, 6.07) is -0.207. The zero-order chi connectivity index (χ0) is 18.3. The molecule has 2 fully saturated rings. The number of carbonyl (C=O) groups excluding carboxylic acids is 2. The average Bonchev–Trinajstić information content (AvgIpc) is 2.80. The summed E-state index contributed by atoms with van der Waals surface area (Å²) in [6.07, 6.45) is 4.41. The second-order valence-corrected chi connectivity index (χ2v) is 8.23. The number of nitrogens with one attached hydrogen (secondary N) is 1. The molecule has 3 amide bonds. The molecule has 0 aromatic carbocycles. The Bertz CT molecular complexity index is 523. The fraction of sp³-hybridized carbons (Fsp3) is 0.895. The Morgan fingerprint density at radius 2 is 1.79 bits per heavy atom. The van der Waals surface area contributed by atoms with Gasteiger partial charge in [0, 0.05) is 23.5 Å². The lowest BCUT2D eigenvalue weighted by atomic mass is 9.60. The van der Waals surface area contributed by atoms with Crippen LogP contribution in [0.4, 0.5) is 4.79 Å². The predicted octanol–water partition coefficient (Wildman–Crippen LogP) is 3.39. The first kappa shape index (κ1) is 19.2. The molecule has 0 aliphatic carbocycles. The monoisotopic (exact) mass is 337 g/mol. The number of unbranched alkanes of at least 4 members (excludes halogenated alkanes) is 1. The van der Waals surface area contributed by atoms with Crippen LogP contribution in [-0.4, -0.2) is 51.9 Å². The molecule has 2 aliphatic heterocycles. The van der Waals surface area contributed by atoms with E-state index in [0.717, 1.165) is 25.7 Å². The summed E-state index contributed by atoms with van der Waals surface area (Å²) in [5.74, 6) is 0.0450. The van der Waals surface area contributed by atoms with Crippen LogP contribution in [0.15, 0.2) is 0 Å². The van der Waals surface area contributed by atoms with E-state index in [-0.39, 0.29) is 28.9 Å². The van der Waals surface area contributed by atoms with Crippen LogP contribution in [0.1, 0.15) is 73.6 Å². The number of rotatable bonds is 5. The number of urea groups is 1. The number of imide groups is 1. The number of hydrogen-bond donors (Lipinski definition) is 1. The number of amides is 3. The first-order valence-corrected chi connectivity index (χ1v) is 9.51. The minimum atomic E-state index is -0.771. The van der Waals surface area contributed by atoms with Gasteiger partial charge in [0.1, 0.15) is 5.54 Å². The third-order valence-corrected chi connectivity index (χ3v) is 7.32. The van der Waals surface area contributed by atoms with Gasteiger partial charge in [0.25, 0.3) is 5.91 Å². The Morgan fingerprint density at radius 3 is 2.29 bits per heavy atom. The fourth-order valence-corrected chi connectivity index (χ4v) is 4.79. The minimum absolute atomic E-state index is 0.0131. The van der Waals surface area contributed by atoms with Crippen LogP contribution in [0.25, 0.3) is 0 Å². The SMILES string of the molecule is CCCCN1C(=O)NC2(CC(C)(CC)N(C)C(C)(CC)C2C)C1=O. The van der Waals surface area contributed by atoms with Gasteiger partial charge in [-0.25, -0.2) is 4.79 Å². The number of piperidine rings is 1. The van der Waals surface area contributed by atoms with Crippen molar-refractivity contribution in [2.24, 2.45) is 5.92 Å². The molecule has 0 aromatic rings. The maximum absolute atomic E-state index is 13.3. The maximum atomic E-state index is 13.3. The molecule has 0 radical (unpaired) electrons. The zero-order valence-electron chi connectivity index (χ0n) is 16.5. The van der Waals surface area contributed by atoms with Crippen LogP contribution in [0.3, 0.4) is 0 Å². The van der Waals surface area contributed by atoms with Gasteiger partial charge in [-0.3, -0.25) is 14.6 Å². The maximum Gasteiger partial charge on any atom is 0.325 e. The average molecular weight is 338 g/mol. The van der Waals surface area contributed by atoms with Crippen LogP contribution in [-0.2, 0) is 4.79 Å². The number of nitrogens with zero attached hydrogens (tertiary/aromatic N) is 2. The van der Waals surface area contributed by atoms with Crippen molar-refractivity contribution >= 4 is 11.9 Å². The Hall–Kier alpha value is -1.10. The van der Waals surface area contributed by atoms with Crippen molar-refractivity contribution < 1.29 is 9.59 Å². The van der Waals surface area contributed by atoms with E-state index in [9.17, 15) is 9.59 Å². The van der Waals surface area contributed by atoms with Crippen LogP contribution in [0.2, 0.25) is 0 Å². The largest absolute Gasteiger partial charge is 0.325 e. The van der Waals surface area contributed by atoms with Crippen LogP contribution >= 0.6 is 0 Å². The van der Waals surface area contributed by atoms with E-state index in [4.69, 9.17) is 0 Å². The van der Waals surface area contributed by atoms with E-state index in [1.54, 1.807) is 0 Å². The molecule has 4 atom stereocenters. The summed E-state index contributed by atoms with van der Waals surface area (Å²) in [5, 5.41) is 3.14. The normalized spacial score (nSPS) is 40.5. The van der Waals surface area contributed by atoms with Crippen molar-refractivity contribution in [1.29, 1.82) is 0 Å². The molecule has 5 nitrogen and oxygen atoms in total. The number of hydrogen-bond acceptors (Lipinski definition) is 3. The van der Waals surface area contributed by atoms with Gasteiger partial charge in [-0.05, 0) is 46.6 Å². The molecule has 2 heterocycles. The molecule has 0 saturated carbocycles. The summed E-state index contributed by atoms with van der Waals surface area (Å²) in [6.45, 7) is 13.6. The summed E-state index contributed by atoms with van der Waals surface area (Å²) in [7, 11) is 2.17. The molecule has 1 N–H and O–H groups in total. The molecular formula is C19H35N3O2. The smallest absolute Gasteiger partial charge is 0.323 e. The molecule has 2 aliphatic rings. The minimum Gasteiger partial charge on any atom is -0.323 e. The van der Waals surface area contributed by atoms with Crippen LogP contribution in [0.5, 0.6) is 0 Å². The zero-order valence-corrected chi connectivity index (χ0v) is 16.5. The summed E-state index contributed by atoms with van der Waals surface area (Å²) < 4.78 is 0. The highest BCUT2D eigenvalue weighted by molar-refractivity contribution is 6.07. The third-order valence-electron chi connectivity index (χ3n) is 7.32. The van der Waals surface area contributed by atoms with Crippen molar-refractivity contribution in [1.82, 2.24) is 15.1 Å². The fourth-order valence-electron chi connectivity index (χ4n) is 4.79. The van der Waals surface area contributed by atoms with Gasteiger partial charge in [-0.2, -0.15) is 0 Å². The second kappa shape index (κ2) is 6.32. The van der Waals surface area contributed by atoms with E-state index in [1.807, 2.05) is 0 Å². The molecule has 24 heavy (non-hydrogen) atoms. The van der Waals surface area contributed by atoms with Gasteiger partial charge >= 0.3 is 6.03 Å². The molecule has 0 aromatic heterocycles. The molecule has 2 saturated heterocycles. The Balaban J connectivity index is 2.48. The number of carbonyl (C=O) groups is 2. The molecular weight excluding hydrogens is 302 g/mol. The first-order chi connectivity index (χ1) is 11.1. The van der Waals surface area contributed by atoms with E-state index in [1.165, 1.54) is 4.90 Å². The van der Waals surface area contributed by atoms with Crippen LogP contribution < -0.4 is 5.32 Å². The van der Waals surface area contributed by atoms with Crippen LogP contribution in [0, 0.1) is 5.92 Å². The van der Waals surface area contributed by atoms with Gasteiger partial charge in [-0.15, -0.1) is 0 Å². The number of likely N-dealkylation sites (tertiary alicyclic amines) is 1. The second-order valence-electron chi connectivity index (χ2n) is 8.23. The van der Waals surface area contributed by atoms with Gasteiger partial charge in [0.05, 0.1) is 0 Å². The topological polar surface area (TPSA) is 52.7 Å². The molecule has 1 spiro atoms.